The largest absolute Gasteiger partial charge is 0.464 e. The molecule has 4 aromatic rings. The van der Waals surface area contributed by atoms with Crippen LogP contribution in [0.25, 0.3) is 33.1 Å². The van der Waals surface area contributed by atoms with Crippen molar-refractivity contribution in [1.82, 2.24) is 10.1 Å². The minimum atomic E-state index is -4.54. The molecule has 50 heavy (non-hydrogen) atoms. The van der Waals surface area contributed by atoms with Crippen LogP contribution >= 0.6 is 0 Å². The van der Waals surface area contributed by atoms with Crippen LogP contribution in [0.3, 0.4) is 0 Å². The van der Waals surface area contributed by atoms with Crippen molar-refractivity contribution >= 4 is 45.0 Å². The van der Waals surface area contributed by atoms with Gasteiger partial charge in [0.25, 0.3) is 0 Å². The van der Waals surface area contributed by atoms with E-state index in [1.54, 1.807) is 12.2 Å². The first-order chi connectivity index (χ1) is 23.3. The molecule has 2 aromatic carbocycles. The average Bonchev–Trinajstić information content (AvgIpc) is 3.68. The maximum absolute atomic E-state index is 13.5. The fraction of sp³-hybridized carbons (Fsp3) is 0.333. The van der Waals surface area contributed by atoms with Gasteiger partial charge in [-0.25, -0.2) is 9.59 Å². The van der Waals surface area contributed by atoms with E-state index in [4.69, 9.17) is 18.5 Å². The predicted octanol–water partition coefficient (Wildman–Crippen LogP) is 8.84. The monoisotopic (exact) mass is 702 g/mol. The van der Waals surface area contributed by atoms with Gasteiger partial charge in [-0.3, -0.25) is 0 Å². The Balaban J connectivity index is 1.08. The summed E-state index contributed by atoms with van der Waals surface area (Å²) in [5.74, 6) is -1.69. The number of carbonyl (C=O) groups excluding carboxylic acids is 2. The Morgan fingerprint density at radius 3 is 1.38 bits per heavy atom. The van der Waals surface area contributed by atoms with Gasteiger partial charge in [0.05, 0.1) is 36.7 Å². The number of carbonyl (C=O) groups is 2. The Morgan fingerprint density at radius 2 is 1.04 bits per heavy atom. The summed E-state index contributed by atoms with van der Waals surface area (Å²) in [6.45, 7) is 8.08. The van der Waals surface area contributed by atoms with Crippen molar-refractivity contribution in [2.45, 2.75) is 40.0 Å². The molecule has 0 amide bonds. The number of nitrogens with zero attached hydrogens (tertiary/aromatic N) is 2. The molecule has 0 spiro atoms. The van der Waals surface area contributed by atoms with Crippen molar-refractivity contribution in [2.75, 3.05) is 26.2 Å². The van der Waals surface area contributed by atoms with Gasteiger partial charge in [-0.1, -0.05) is 52.0 Å². The van der Waals surface area contributed by atoms with E-state index >= 15 is 0 Å². The molecule has 8 nitrogen and oxygen atoms in total. The number of hydroxylamine groups is 4. The lowest BCUT2D eigenvalue weighted by atomic mass is 9.77. The van der Waals surface area contributed by atoms with Crippen molar-refractivity contribution in [3.8, 4) is 0 Å². The lowest BCUT2D eigenvalue weighted by Gasteiger charge is -2.37. The molecule has 0 unspecified atom stereocenters. The van der Waals surface area contributed by atoms with Crippen molar-refractivity contribution in [3.05, 3.63) is 95.5 Å². The maximum Gasteiger partial charge on any atom is 0.417 e. The van der Waals surface area contributed by atoms with Crippen LogP contribution in [-0.2, 0) is 31.6 Å². The van der Waals surface area contributed by atoms with Crippen LogP contribution < -0.4 is 0 Å². The number of benzene rings is 2. The zero-order chi connectivity index (χ0) is 36.2. The predicted molar refractivity (Wildman–Crippen MR) is 170 cm³/mol. The molecule has 0 atom stereocenters. The molecular formula is C36H32F6N2O6. The normalized spacial score (nSPS) is 18.8. The number of fused-ring (bicyclic) bond motifs is 2. The van der Waals surface area contributed by atoms with Crippen molar-refractivity contribution < 1.29 is 54.4 Å². The first-order valence-electron chi connectivity index (χ1n) is 15.5. The van der Waals surface area contributed by atoms with Crippen LogP contribution in [-0.4, -0.2) is 48.2 Å². The number of alkyl halides is 6. The minimum absolute atomic E-state index is 0.0448. The quantitative estimate of drug-likeness (QED) is 0.146. The van der Waals surface area contributed by atoms with Crippen LogP contribution in [0, 0.1) is 10.8 Å². The van der Waals surface area contributed by atoms with E-state index in [0.29, 0.717) is 11.1 Å². The standard InChI is InChI=1S/C36H32F6N2O6/c1-33(2)19-43(15-11-25(33)21-5-7-27(35(37,38)39)23-13-17-47-31(21)23)49-29(45)9-10-30(46)50-44-16-12-26(34(3,4)20-44)22-6-8-28(36(40,41)42)24-14-18-48-32(22)24/h5-14,17-18H,15-16,19-20H2,1-4H3/b10-9+. The van der Waals surface area contributed by atoms with E-state index in [1.165, 1.54) is 46.9 Å². The first kappa shape index (κ1) is 35.0. The molecule has 0 bridgehead atoms. The Kier molecular flexibility index (Phi) is 8.76. The molecule has 0 saturated carbocycles. The Hall–Kier alpha value is -4.82. The highest BCUT2D eigenvalue weighted by atomic mass is 19.4. The zero-order valence-corrected chi connectivity index (χ0v) is 27.4. The molecule has 6 rings (SSSR count). The second kappa shape index (κ2) is 12.5. The van der Waals surface area contributed by atoms with Crippen LogP contribution in [0.1, 0.15) is 49.9 Å². The fourth-order valence-electron chi connectivity index (χ4n) is 6.70. The summed E-state index contributed by atoms with van der Waals surface area (Å²) in [6, 6.07) is 7.38. The van der Waals surface area contributed by atoms with E-state index in [2.05, 4.69) is 0 Å². The highest BCUT2D eigenvalue weighted by Crippen LogP contribution is 2.46. The summed E-state index contributed by atoms with van der Waals surface area (Å²) in [7, 11) is 0. The van der Waals surface area contributed by atoms with Crippen molar-refractivity contribution in [3.63, 3.8) is 0 Å². The molecular weight excluding hydrogens is 670 g/mol. The Bertz CT molecular complexity index is 1920. The number of furan rings is 2. The molecule has 264 valence electrons. The van der Waals surface area contributed by atoms with Gasteiger partial charge in [0, 0.05) is 58.0 Å². The third-order valence-electron chi connectivity index (χ3n) is 8.82. The van der Waals surface area contributed by atoms with Gasteiger partial charge in [0.15, 0.2) is 0 Å². The van der Waals surface area contributed by atoms with E-state index in [1.807, 2.05) is 27.7 Å². The highest BCUT2D eigenvalue weighted by molar-refractivity contribution is 5.95. The van der Waals surface area contributed by atoms with Gasteiger partial charge in [-0.2, -0.15) is 26.3 Å². The van der Waals surface area contributed by atoms with E-state index in [0.717, 1.165) is 35.4 Å². The van der Waals surface area contributed by atoms with Gasteiger partial charge >= 0.3 is 24.3 Å². The average molecular weight is 703 g/mol. The summed E-state index contributed by atoms with van der Waals surface area (Å²) in [6.07, 6.45) is -1.31. The highest BCUT2D eigenvalue weighted by Gasteiger charge is 2.39. The van der Waals surface area contributed by atoms with E-state index in [9.17, 15) is 35.9 Å². The summed E-state index contributed by atoms with van der Waals surface area (Å²) in [5.41, 5.74) is -0.223. The van der Waals surface area contributed by atoms with Gasteiger partial charge in [-0.05, 0) is 35.4 Å². The summed E-state index contributed by atoms with van der Waals surface area (Å²) < 4.78 is 92.0. The number of halogens is 6. The minimum Gasteiger partial charge on any atom is -0.464 e. The SMILES string of the molecule is CC1(C)CN(OC(=O)/C=C/C(=O)ON2CC=C(c3ccc(C(F)(F)F)c4ccoc34)C(C)(C)C2)CC=C1c1ccc(C(F)(F)F)c2ccoc12. The van der Waals surface area contributed by atoms with E-state index in [-0.39, 0.29) is 48.1 Å². The number of hydrogen-bond acceptors (Lipinski definition) is 8. The third-order valence-corrected chi connectivity index (χ3v) is 8.82. The van der Waals surface area contributed by atoms with Gasteiger partial charge < -0.3 is 18.5 Å². The van der Waals surface area contributed by atoms with Gasteiger partial charge in [0.1, 0.15) is 11.2 Å². The van der Waals surface area contributed by atoms with Crippen LogP contribution in [0.15, 0.2) is 82.1 Å². The molecule has 4 heterocycles. The summed E-state index contributed by atoms with van der Waals surface area (Å²) >= 11 is 0. The van der Waals surface area contributed by atoms with E-state index < -0.39 is 46.2 Å². The molecule has 2 aliphatic rings. The smallest absolute Gasteiger partial charge is 0.417 e. The molecule has 0 fully saturated rings. The Labute approximate surface area is 282 Å². The fourth-order valence-corrected chi connectivity index (χ4v) is 6.70. The van der Waals surface area contributed by atoms with Crippen LogP contribution in [0.2, 0.25) is 0 Å². The lowest BCUT2D eigenvalue weighted by Crippen LogP contribution is -2.40. The third kappa shape index (κ3) is 6.81. The molecule has 0 radical (unpaired) electrons. The maximum atomic E-state index is 13.5. The molecule has 0 N–H and O–H groups in total. The summed E-state index contributed by atoms with van der Waals surface area (Å²) in [5, 5.41) is 2.66. The van der Waals surface area contributed by atoms with Crippen molar-refractivity contribution in [2.24, 2.45) is 10.8 Å². The summed E-state index contributed by atoms with van der Waals surface area (Å²) in [4.78, 5) is 36.1. The first-order valence-corrected chi connectivity index (χ1v) is 15.5. The second-order valence-electron chi connectivity index (χ2n) is 13.4. The zero-order valence-electron chi connectivity index (χ0n) is 27.4. The lowest BCUT2D eigenvalue weighted by molar-refractivity contribution is -0.189. The van der Waals surface area contributed by atoms with Crippen molar-refractivity contribution in [1.29, 1.82) is 0 Å². The molecule has 2 aromatic heterocycles. The topological polar surface area (TPSA) is 85.4 Å². The number of rotatable bonds is 6. The Morgan fingerprint density at radius 1 is 0.660 bits per heavy atom. The molecule has 0 aliphatic carbocycles. The molecule has 0 saturated heterocycles. The number of hydrogen-bond donors (Lipinski definition) is 0. The van der Waals surface area contributed by atoms with Gasteiger partial charge in [-0.15, -0.1) is 10.1 Å². The second-order valence-corrected chi connectivity index (χ2v) is 13.4. The molecule has 14 heteroatoms. The van der Waals surface area contributed by atoms with Gasteiger partial charge in [0.2, 0.25) is 0 Å². The molecule has 2 aliphatic heterocycles. The van der Waals surface area contributed by atoms with Crippen LogP contribution in [0.4, 0.5) is 26.3 Å². The van der Waals surface area contributed by atoms with Crippen LogP contribution in [0.5, 0.6) is 0 Å².